The highest BCUT2D eigenvalue weighted by Gasteiger charge is 2.07. The third-order valence-electron chi connectivity index (χ3n) is 3.27. The Kier molecular flexibility index (Phi) is 4.30. The molecule has 118 valence electrons. The van der Waals surface area contributed by atoms with Crippen LogP contribution in [0.5, 0.6) is 5.75 Å². The largest absolute Gasteiger partial charge is 0.489 e. The highest BCUT2D eigenvalue weighted by atomic mass is 35.5. The molecule has 3 nitrogen and oxygen atoms in total. The van der Waals surface area contributed by atoms with E-state index in [-0.39, 0.29) is 12.5 Å². The van der Waals surface area contributed by atoms with Gasteiger partial charge >= 0.3 is 5.63 Å². The summed E-state index contributed by atoms with van der Waals surface area (Å²) >= 11 is 5.81. The Morgan fingerprint density at radius 2 is 1.78 bits per heavy atom. The second-order valence-corrected chi connectivity index (χ2v) is 5.22. The molecule has 0 spiro atoms. The zero-order valence-corrected chi connectivity index (χ0v) is 12.6. The molecule has 0 saturated heterocycles. The average molecular weight is 337 g/mol. The summed E-state index contributed by atoms with van der Waals surface area (Å²) in [7, 11) is 0. The molecule has 3 aromatic rings. The predicted octanol–water partition coefficient (Wildman–Crippen LogP) is 4.39. The van der Waals surface area contributed by atoms with Crippen LogP contribution < -0.4 is 10.4 Å². The summed E-state index contributed by atoms with van der Waals surface area (Å²) in [6.07, 6.45) is 0. The lowest BCUT2D eigenvalue weighted by molar-refractivity contribution is 0.304. The molecule has 0 fully saturated rings. The van der Waals surface area contributed by atoms with Gasteiger partial charge in [0.15, 0.2) is 0 Å². The van der Waals surface area contributed by atoms with E-state index in [0.29, 0.717) is 27.8 Å². The summed E-state index contributed by atoms with van der Waals surface area (Å²) in [6.45, 7) is -0.0143. The average Bonchev–Trinajstić information content (AvgIpc) is 2.50. The first-order chi connectivity index (χ1) is 11.0. The molecule has 6 heteroatoms. The lowest BCUT2D eigenvalue weighted by Gasteiger charge is -2.08. The molecule has 0 bridgehead atoms. The molecule has 0 aliphatic carbocycles. The van der Waals surface area contributed by atoms with Crippen molar-refractivity contribution in [2.24, 2.45) is 0 Å². The molecular formula is C17H11ClF2O3. The molecule has 0 unspecified atom stereocenters. The third kappa shape index (κ3) is 3.51. The second-order valence-electron chi connectivity index (χ2n) is 4.95. The number of rotatable bonds is 4. The molecular weight excluding hydrogens is 326 g/mol. The fraction of sp³-hybridized carbons (Fsp3) is 0.118. The molecule has 1 heterocycles. The Morgan fingerprint density at radius 3 is 2.48 bits per heavy atom. The van der Waals surface area contributed by atoms with Crippen molar-refractivity contribution < 1.29 is 17.9 Å². The van der Waals surface area contributed by atoms with E-state index in [1.807, 2.05) is 0 Å². The lowest BCUT2D eigenvalue weighted by atomic mass is 10.1. The zero-order valence-electron chi connectivity index (χ0n) is 11.8. The Labute approximate surface area is 135 Å². The van der Waals surface area contributed by atoms with Gasteiger partial charge in [-0.05, 0) is 35.4 Å². The minimum atomic E-state index is -0.667. The van der Waals surface area contributed by atoms with E-state index in [9.17, 15) is 13.6 Å². The summed E-state index contributed by atoms with van der Waals surface area (Å²) in [5.74, 6) is -0.734. The van der Waals surface area contributed by atoms with Gasteiger partial charge in [0.05, 0.1) is 0 Å². The number of alkyl halides is 1. The van der Waals surface area contributed by atoms with Crippen LogP contribution in [0.25, 0.3) is 11.0 Å². The van der Waals surface area contributed by atoms with Crippen molar-refractivity contribution in [3.63, 3.8) is 0 Å². The van der Waals surface area contributed by atoms with E-state index in [2.05, 4.69) is 0 Å². The predicted molar refractivity (Wildman–Crippen MR) is 82.7 cm³/mol. The van der Waals surface area contributed by atoms with Crippen LogP contribution in [-0.4, -0.2) is 0 Å². The van der Waals surface area contributed by atoms with Gasteiger partial charge < -0.3 is 9.15 Å². The molecule has 0 aliphatic rings. The minimum absolute atomic E-state index is 0.0143. The summed E-state index contributed by atoms with van der Waals surface area (Å²) in [5, 5.41) is 0.712. The van der Waals surface area contributed by atoms with Crippen LogP contribution in [0.15, 0.2) is 51.7 Å². The van der Waals surface area contributed by atoms with Crippen LogP contribution in [0.3, 0.4) is 0 Å². The summed E-state index contributed by atoms with van der Waals surface area (Å²) in [6, 6.07) is 9.45. The van der Waals surface area contributed by atoms with E-state index in [4.69, 9.17) is 20.8 Å². The topological polar surface area (TPSA) is 39.4 Å². The molecule has 0 amide bonds. The van der Waals surface area contributed by atoms with E-state index >= 15 is 0 Å². The summed E-state index contributed by atoms with van der Waals surface area (Å²) in [4.78, 5) is 11.5. The molecule has 2 aromatic carbocycles. The number of halogens is 3. The van der Waals surface area contributed by atoms with Gasteiger partial charge in [-0.2, -0.15) is 0 Å². The Balaban J connectivity index is 1.87. The summed E-state index contributed by atoms with van der Waals surface area (Å²) < 4.78 is 36.9. The van der Waals surface area contributed by atoms with Gasteiger partial charge in [0.25, 0.3) is 0 Å². The first-order valence-corrected chi connectivity index (χ1v) is 7.29. The quantitative estimate of drug-likeness (QED) is 0.524. The maximum atomic E-state index is 13.1. The van der Waals surface area contributed by atoms with Gasteiger partial charge in [-0.1, -0.05) is 0 Å². The van der Waals surface area contributed by atoms with Crippen molar-refractivity contribution in [2.45, 2.75) is 12.5 Å². The van der Waals surface area contributed by atoms with Crippen LogP contribution >= 0.6 is 11.6 Å². The second kappa shape index (κ2) is 6.38. The van der Waals surface area contributed by atoms with E-state index in [1.54, 1.807) is 18.2 Å². The first kappa shape index (κ1) is 15.5. The van der Waals surface area contributed by atoms with Crippen molar-refractivity contribution in [1.82, 2.24) is 0 Å². The van der Waals surface area contributed by atoms with E-state index < -0.39 is 17.3 Å². The van der Waals surface area contributed by atoms with Gasteiger partial charge in [0, 0.05) is 29.5 Å². The van der Waals surface area contributed by atoms with E-state index in [1.165, 1.54) is 18.2 Å². The normalized spacial score (nSPS) is 10.9. The number of ether oxygens (including phenoxy) is 1. The Morgan fingerprint density at radius 1 is 1.04 bits per heavy atom. The van der Waals surface area contributed by atoms with Crippen molar-refractivity contribution in [3.05, 3.63) is 75.6 Å². The third-order valence-corrected chi connectivity index (χ3v) is 3.56. The molecule has 23 heavy (non-hydrogen) atoms. The van der Waals surface area contributed by atoms with Crippen LogP contribution in [0, 0.1) is 11.6 Å². The van der Waals surface area contributed by atoms with Gasteiger partial charge in [-0.3, -0.25) is 0 Å². The smallest absolute Gasteiger partial charge is 0.336 e. The van der Waals surface area contributed by atoms with Crippen molar-refractivity contribution in [2.75, 3.05) is 0 Å². The van der Waals surface area contributed by atoms with Gasteiger partial charge in [-0.15, -0.1) is 11.6 Å². The fourth-order valence-electron chi connectivity index (χ4n) is 2.27. The van der Waals surface area contributed by atoms with Crippen molar-refractivity contribution in [1.29, 1.82) is 0 Å². The number of hydrogen-bond acceptors (Lipinski definition) is 3. The highest BCUT2D eigenvalue weighted by Crippen LogP contribution is 2.24. The van der Waals surface area contributed by atoms with Crippen LogP contribution in [-0.2, 0) is 12.5 Å². The van der Waals surface area contributed by atoms with Gasteiger partial charge in [0.2, 0.25) is 0 Å². The molecule has 3 rings (SSSR count). The maximum absolute atomic E-state index is 13.1. The fourth-order valence-corrected chi connectivity index (χ4v) is 2.49. The molecule has 1 aromatic heterocycles. The molecule has 0 radical (unpaired) electrons. The maximum Gasteiger partial charge on any atom is 0.336 e. The highest BCUT2D eigenvalue weighted by molar-refractivity contribution is 6.17. The number of benzene rings is 2. The number of hydrogen-bond donors (Lipinski definition) is 0. The molecule has 0 atom stereocenters. The first-order valence-electron chi connectivity index (χ1n) is 6.75. The van der Waals surface area contributed by atoms with Crippen molar-refractivity contribution >= 4 is 22.6 Å². The molecule has 0 saturated carbocycles. The van der Waals surface area contributed by atoms with E-state index in [0.717, 1.165) is 6.07 Å². The van der Waals surface area contributed by atoms with Crippen LogP contribution in [0.2, 0.25) is 0 Å². The van der Waals surface area contributed by atoms with Gasteiger partial charge in [-0.25, -0.2) is 13.6 Å². The minimum Gasteiger partial charge on any atom is -0.489 e. The number of fused-ring (bicyclic) bond motifs is 1. The Hall–Kier alpha value is -2.40. The standard InChI is InChI=1S/C17H11ClF2O3/c18-8-11-5-17(21)23-16-7-14(1-2-15(11)16)22-9-10-3-12(19)6-13(20)4-10/h1-7H,8-9H2. The van der Waals surface area contributed by atoms with Crippen LogP contribution in [0.1, 0.15) is 11.1 Å². The van der Waals surface area contributed by atoms with Crippen LogP contribution in [0.4, 0.5) is 8.78 Å². The summed E-state index contributed by atoms with van der Waals surface area (Å²) in [5.41, 5.74) is 0.865. The SMILES string of the molecule is O=c1cc(CCl)c2ccc(OCc3cc(F)cc(F)c3)cc2o1. The zero-order chi connectivity index (χ0) is 16.4. The Bertz CT molecular complexity index is 901. The van der Waals surface area contributed by atoms with Gasteiger partial charge in [0.1, 0.15) is 29.6 Å². The lowest BCUT2D eigenvalue weighted by Crippen LogP contribution is -2.00. The molecule has 0 aliphatic heterocycles. The molecule has 0 N–H and O–H groups in total. The van der Waals surface area contributed by atoms with Crippen molar-refractivity contribution in [3.8, 4) is 5.75 Å². The monoisotopic (exact) mass is 336 g/mol.